The van der Waals surface area contributed by atoms with Crippen molar-refractivity contribution < 1.29 is 9.52 Å². The summed E-state index contributed by atoms with van der Waals surface area (Å²) in [5.74, 6) is 0. The fourth-order valence-corrected chi connectivity index (χ4v) is 2.05. The van der Waals surface area contributed by atoms with Crippen LogP contribution in [0.5, 0.6) is 0 Å². The summed E-state index contributed by atoms with van der Waals surface area (Å²) in [5, 5.41) is 9.44. The Bertz CT molecular complexity index is 453. The third-order valence-corrected chi connectivity index (χ3v) is 3.02. The van der Waals surface area contributed by atoms with E-state index >= 15 is 0 Å². The minimum atomic E-state index is -0.166. The number of benzene rings is 1. The Morgan fingerprint density at radius 2 is 2.00 bits per heavy atom. The van der Waals surface area contributed by atoms with Gasteiger partial charge in [-0.1, -0.05) is 12.1 Å². The van der Waals surface area contributed by atoms with Crippen LogP contribution >= 0.6 is 0 Å². The number of rotatable bonds is 1. The third-order valence-electron chi connectivity index (χ3n) is 3.02. The summed E-state index contributed by atoms with van der Waals surface area (Å²) in [4.78, 5) is 6.53. The summed E-state index contributed by atoms with van der Waals surface area (Å²) >= 11 is 0. The monoisotopic (exact) mass is 218 g/mol. The molecular formula is C12H14N2O2. The van der Waals surface area contributed by atoms with Crippen molar-refractivity contribution in [2.24, 2.45) is 0 Å². The predicted octanol–water partition coefficient (Wildman–Crippen LogP) is 1.79. The van der Waals surface area contributed by atoms with Crippen LogP contribution in [-0.2, 0) is 0 Å². The summed E-state index contributed by atoms with van der Waals surface area (Å²) in [6, 6.07) is 8.44. The van der Waals surface area contributed by atoms with Gasteiger partial charge in [-0.25, -0.2) is 0 Å². The van der Waals surface area contributed by atoms with E-state index in [4.69, 9.17) is 4.42 Å². The van der Waals surface area contributed by atoms with Crippen LogP contribution in [0, 0.1) is 0 Å². The highest BCUT2D eigenvalue weighted by molar-refractivity contribution is 5.74. The number of nitrogens with zero attached hydrogens (tertiary/aromatic N) is 2. The highest BCUT2D eigenvalue weighted by atomic mass is 16.4. The molecule has 0 bridgehead atoms. The Balaban J connectivity index is 1.88. The van der Waals surface area contributed by atoms with Crippen LogP contribution in [-0.4, -0.2) is 29.3 Å². The molecule has 1 N–H and O–H groups in total. The number of anilines is 1. The average Bonchev–Trinajstić information content (AvgIpc) is 2.73. The van der Waals surface area contributed by atoms with Gasteiger partial charge in [-0.2, -0.15) is 4.98 Å². The number of aliphatic hydroxyl groups is 1. The summed E-state index contributed by atoms with van der Waals surface area (Å²) in [6.07, 6.45) is 1.41. The maximum atomic E-state index is 9.44. The number of piperidine rings is 1. The van der Waals surface area contributed by atoms with Crippen molar-refractivity contribution in [2.75, 3.05) is 18.0 Å². The van der Waals surface area contributed by atoms with Gasteiger partial charge in [0.15, 0.2) is 5.58 Å². The van der Waals surface area contributed by atoms with Gasteiger partial charge in [-0.15, -0.1) is 0 Å². The second-order valence-electron chi connectivity index (χ2n) is 4.18. The first kappa shape index (κ1) is 9.66. The van der Waals surface area contributed by atoms with Crippen molar-refractivity contribution in [1.82, 2.24) is 4.98 Å². The molecule has 1 aliphatic heterocycles. The zero-order valence-corrected chi connectivity index (χ0v) is 8.97. The first-order chi connectivity index (χ1) is 7.83. The van der Waals surface area contributed by atoms with Gasteiger partial charge in [-0.3, -0.25) is 0 Å². The smallest absolute Gasteiger partial charge is 0.298 e. The molecule has 16 heavy (non-hydrogen) atoms. The van der Waals surface area contributed by atoms with E-state index in [9.17, 15) is 5.11 Å². The molecule has 4 nitrogen and oxygen atoms in total. The Morgan fingerprint density at radius 1 is 1.25 bits per heavy atom. The molecule has 1 saturated heterocycles. The molecule has 1 fully saturated rings. The SMILES string of the molecule is OC1CCN(c2nc3ccccc3o2)CC1. The lowest BCUT2D eigenvalue weighted by molar-refractivity contribution is 0.144. The van der Waals surface area contributed by atoms with E-state index in [1.165, 1.54) is 0 Å². The second kappa shape index (κ2) is 3.79. The maximum absolute atomic E-state index is 9.44. The van der Waals surface area contributed by atoms with E-state index in [1.807, 2.05) is 24.3 Å². The largest absolute Gasteiger partial charge is 0.423 e. The molecule has 0 unspecified atom stereocenters. The van der Waals surface area contributed by atoms with E-state index < -0.39 is 0 Å². The van der Waals surface area contributed by atoms with E-state index in [0.717, 1.165) is 37.0 Å². The molecular weight excluding hydrogens is 204 g/mol. The molecule has 2 heterocycles. The van der Waals surface area contributed by atoms with Crippen LogP contribution in [0.4, 0.5) is 6.01 Å². The molecule has 1 aromatic carbocycles. The van der Waals surface area contributed by atoms with E-state index in [1.54, 1.807) is 0 Å². The lowest BCUT2D eigenvalue weighted by atomic mass is 10.1. The zero-order valence-electron chi connectivity index (χ0n) is 8.97. The molecule has 0 spiro atoms. The van der Waals surface area contributed by atoms with E-state index in [0.29, 0.717) is 6.01 Å². The first-order valence-corrected chi connectivity index (χ1v) is 5.61. The fourth-order valence-electron chi connectivity index (χ4n) is 2.05. The van der Waals surface area contributed by atoms with Crippen LogP contribution in [0.3, 0.4) is 0 Å². The maximum Gasteiger partial charge on any atom is 0.298 e. The molecule has 4 heteroatoms. The quantitative estimate of drug-likeness (QED) is 0.792. The van der Waals surface area contributed by atoms with Gasteiger partial charge < -0.3 is 14.4 Å². The van der Waals surface area contributed by atoms with Crippen LogP contribution in [0.1, 0.15) is 12.8 Å². The van der Waals surface area contributed by atoms with Gasteiger partial charge >= 0.3 is 0 Å². The molecule has 0 radical (unpaired) electrons. The number of aromatic nitrogens is 1. The van der Waals surface area contributed by atoms with E-state index in [-0.39, 0.29) is 6.10 Å². The molecule has 3 rings (SSSR count). The molecule has 0 amide bonds. The van der Waals surface area contributed by atoms with Crippen LogP contribution in [0.15, 0.2) is 28.7 Å². The van der Waals surface area contributed by atoms with Crippen molar-refractivity contribution >= 4 is 17.1 Å². The molecule has 0 saturated carbocycles. The van der Waals surface area contributed by atoms with Crippen molar-refractivity contribution in [2.45, 2.75) is 18.9 Å². The highest BCUT2D eigenvalue weighted by Gasteiger charge is 2.20. The van der Waals surface area contributed by atoms with Crippen molar-refractivity contribution in [1.29, 1.82) is 0 Å². The number of fused-ring (bicyclic) bond motifs is 1. The number of oxazole rings is 1. The molecule has 1 aromatic heterocycles. The number of hydrogen-bond donors (Lipinski definition) is 1. The summed E-state index contributed by atoms with van der Waals surface area (Å²) in [7, 11) is 0. The topological polar surface area (TPSA) is 49.5 Å². The number of hydrogen-bond acceptors (Lipinski definition) is 4. The average molecular weight is 218 g/mol. The van der Waals surface area contributed by atoms with Gasteiger partial charge in [0.05, 0.1) is 6.10 Å². The standard InChI is InChI=1S/C12H14N2O2/c15-9-5-7-14(8-6-9)12-13-10-3-1-2-4-11(10)16-12/h1-4,9,15H,5-8H2. The Hall–Kier alpha value is -1.55. The predicted molar refractivity (Wildman–Crippen MR) is 61.5 cm³/mol. The normalized spacial score (nSPS) is 18.2. The van der Waals surface area contributed by atoms with Crippen molar-refractivity contribution in [3.63, 3.8) is 0 Å². The molecule has 84 valence electrons. The lowest BCUT2D eigenvalue weighted by Gasteiger charge is -2.27. The second-order valence-corrected chi connectivity index (χ2v) is 4.18. The molecule has 0 aliphatic carbocycles. The highest BCUT2D eigenvalue weighted by Crippen LogP contribution is 2.24. The minimum absolute atomic E-state index is 0.166. The van der Waals surface area contributed by atoms with Gasteiger partial charge in [0, 0.05) is 13.1 Å². The van der Waals surface area contributed by atoms with Crippen LogP contribution < -0.4 is 4.90 Å². The minimum Gasteiger partial charge on any atom is -0.423 e. The number of para-hydroxylation sites is 2. The first-order valence-electron chi connectivity index (χ1n) is 5.61. The Morgan fingerprint density at radius 3 is 2.75 bits per heavy atom. The van der Waals surface area contributed by atoms with Gasteiger partial charge in [0.25, 0.3) is 6.01 Å². The number of aliphatic hydroxyl groups excluding tert-OH is 1. The molecule has 1 aliphatic rings. The van der Waals surface area contributed by atoms with Gasteiger partial charge in [0.2, 0.25) is 0 Å². The molecule has 0 atom stereocenters. The van der Waals surface area contributed by atoms with Crippen molar-refractivity contribution in [3.8, 4) is 0 Å². The summed E-state index contributed by atoms with van der Waals surface area (Å²) in [6.45, 7) is 1.63. The van der Waals surface area contributed by atoms with Crippen LogP contribution in [0.25, 0.3) is 11.1 Å². The summed E-state index contributed by atoms with van der Waals surface area (Å²) < 4.78 is 5.68. The fraction of sp³-hybridized carbons (Fsp3) is 0.417. The lowest BCUT2D eigenvalue weighted by Crippen LogP contribution is -2.35. The van der Waals surface area contributed by atoms with E-state index in [2.05, 4.69) is 9.88 Å². The van der Waals surface area contributed by atoms with Gasteiger partial charge in [-0.05, 0) is 25.0 Å². The zero-order chi connectivity index (χ0) is 11.0. The Labute approximate surface area is 93.5 Å². The van der Waals surface area contributed by atoms with Gasteiger partial charge in [0.1, 0.15) is 5.52 Å². The summed E-state index contributed by atoms with van der Waals surface area (Å²) in [5.41, 5.74) is 1.72. The van der Waals surface area contributed by atoms with Crippen LogP contribution in [0.2, 0.25) is 0 Å². The third kappa shape index (κ3) is 1.65. The Kier molecular flexibility index (Phi) is 2.29. The molecule has 2 aromatic rings. The van der Waals surface area contributed by atoms with Crippen molar-refractivity contribution in [3.05, 3.63) is 24.3 Å².